The molecule has 1 N–H and O–H groups in total. The molecule has 21 heavy (non-hydrogen) atoms. The molecule has 2 heterocycles. The molecule has 0 amide bonds. The van der Waals surface area contributed by atoms with Gasteiger partial charge in [0.15, 0.2) is 11.5 Å². The first-order valence-corrected chi connectivity index (χ1v) is 7.39. The lowest BCUT2D eigenvalue weighted by Crippen LogP contribution is -2.19. The number of nitrogens with one attached hydrogen (secondary N) is 1. The van der Waals surface area contributed by atoms with Crippen molar-refractivity contribution in [1.82, 2.24) is 5.32 Å². The molecule has 0 unspecified atom stereocenters. The molecule has 0 bridgehead atoms. The van der Waals surface area contributed by atoms with Gasteiger partial charge >= 0.3 is 0 Å². The van der Waals surface area contributed by atoms with Gasteiger partial charge in [-0.05, 0) is 43.7 Å². The summed E-state index contributed by atoms with van der Waals surface area (Å²) < 4.78 is 16.7. The Morgan fingerprint density at radius 3 is 2.81 bits per heavy atom. The third-order valence-corrected chi connectivity index (χ3v) is 3.74. The Labute approximate surface area is 129 Å². The maximum atomic E-state index is 6.23. The summed E-state index contributed by atoms with van der Waals surface area (Å²) in [7, 11) is 0. The van der Waals surface area contributed by atoms with Crippen molar-refractivity contribution >= 4 is 11.6 Å². The van der Waals surface area contributed by atoms with Crippen molar-refractivity contribution in [2.45, 2.75) is 26.4 Å². The molecule has 0 saturated carbocycles. The number of halogens is 1. The summed E-state index contributed by atoms with van der Waals surface area (Å²) in [5, 5.41) is 4.00. The number of hydrogen-bond donors (Lipinski definition) is 1. The van der Waals surface area contributed by atoms with Crippen LogP contribution in [0.1, 0.15) is 30.0 Å². The number of hydrogen-bond acceptors (Lipinski definition) is 4. The normalized spacial score (nSPS) is 15.0. The minimum Gasteiger partial charge on any atom is -0.486 e. The second-order valence-corrected chi connectivity index (χ2v) is 5.56. The van der Waals surface area contributed by atoms with E-state index in [4.69, 9.17) is 25.5 Å². The van der Waals surface area contributed by atoms with Gasteiger partial charge in [-0.2, -0.15) is 0 Å². The van der Waals surface area contributed by atoms with Crippen LogP contribution in [0.5, 0.6) is 11.5 Å². The molecular formula is C16H18ClNO3. The van der Waals surface area contributed by atoms with Crippen molar-refractivity contribution in [2.75, 3.05) is 13.2 Å². The molecule has 1 aliphatic rings. The Morgan fingerprint density at radius 2 is 2.05 bits per heavy atom. The molecule has 5 heteroatoms. The Bertz CT molecular complexity index is 638. The standard InChI is InChI=1S/C16H18ClNO3/c1-10-3-4-14(21-10)11(2)18-9-12-7-13(17)16-15(8-12)19-5-6-20-16/h3-4,7-8,11,18H,5-6,9H2,1-2H3/t11-/m0/s1. The third kappa shape index (κ3) is 3.17. The average Bonchev–Trinajstić information content (AvgIpc) is 2.91. The van der Waals surface area contributed by atoms with E-state index in [2.05, 4.69) is 12.2 Å². The summed E-state index contributed by atoms with van der Waals surface area (Å²) in [6.07, 6.45) is 0. The van der Waals surface area contributed by atoms with Crippen molar-refractivity contribution in [3.63, 3.8) is 0 Å². The summed E-state index contributed by atoms with van der Waals surface area (Å²) in [6.45, 7) is 5.79. The van der Waals surface area contributed by atoms with E-state index >= 15 is 0 Å². The SMILES string of the molecule is Cc1ccc([C@H](C)NCc2cc(Cl)c3c(c2)OCCO3)o1. The van der Waals surface area contributed by atoms with Gasteiger partial charge in [0.2, 0.25) is 0 Å². The molecule has 0 saturated heterocycles. The van der Waals surface area contributed by atoms with Crippen LogP contribution in [0.3, 0.4) is 0 Å². The van der Waals surface area contributed by atoms with Gasteiger partial charge in [-0.15, -0.1) is 0 Å². The van der Waals surface area contributed by atoms with Gasteiger partial charge in [-0.1, -0.05) is 11.6 Å². The van der Waals surface area contributed by atoms with Crippen molar-refractivity contribution < 1.29 is 13.9 Å². The maximum absolute atomic E-state index is 6.23. The molecule has 0 spiro atoms. The third-order valence-electron chi connectivity index (χ3n) is 3.46. The van der Waals surface area contributed by atoms with Crippen LogP contribution in [0, 0.1) is 6.92 Å². The van der Waals surface area contributed by atoms with E-state index in [1.165, 1.54) is 0 Å². The second-order valence-electron chi connectivity index (χ2n) is 5.15. The molecular weight excluding hydrogens is 290 g/mol. The van der Waals surface area contributed by atoms with E-state index < -0.39 is 0 Å². The fourth-order valence-corrected chi connectivity index (χ4v) is 2.61. The first kappa shape index (κ1) is 14.3. The minimum absolute atomic E-state index is 0.130. The molecule has 4 nitrogen and oxygen atoms in total. The van der Waals surface area contributed by atoms with Gasteiger partial charge in [0.05, 0.1) is 11.1 Å². The lowest BCUT2D eigenvalue weighted by Gasteiger charge is -2.20. The van der Waals surface area contributed by atoms with Crippen molar-refractivity contribution in [2.24, 2.45) is 0 Å². The van der Waals surface area contributed by atoms with Crippen molar-refractivity contribution in [3.8, 4) is 11.5 Å². The highest BCUT2D eigenvalue weighted by molar-refractivity contribution is 6.32. The molecule has 112 valence electrons. The monoisotopic (exact) mass is 307 g/mol. The van der Waals surface area contributed by atoms with Gasteiger partial charge in [0, 0.05) is 6.54 Å². The van der Waals surface area contributed by atoms with Crippen LogP contribution in [0.4, 0.5) is 0 Å². The predicted molar refractivity (Wildman–Crippen MR) is 81.1 cm³/mol. The molecule has 0 radical (unpaired) electrons. The van der Waals surface area contributed by atoms with Crippen LogP contribution in [0.2, 0.25) is 5.02 Å². The topological polar surface area (TPSA) is 43.6 Å². The zero-order valence-electron chi connectivity index (χ0n) is 12.1. The molecule has 2 aromatic rings. The van der Waals surface area contributed by atoms with E-state index in [-0.39, 0.29) is 6.04 Å². The molecule has 3 rings (SSSR count). The van der Waals surface area contributed by atoms with Crippen LogP contribution in [0.25, 0.3) is 0 Å². The average molecular weight is 308 g/mol. The molecule has 1 atom stereocenters. The second kappa shape index (κ2) is 6.00. The van der Waals surface area contributed by atoms with Crippen molar-refractivity contribution in [3.05, 3.63) is 46.4 Å². The van der Waals surface area contributed by atoms with E-state index in [1.54, 1.807) is 0 Å². The Hall–Kier alpha value is -1.65. The summed E-state index contributed by atoms with van der Waals surface area (Å²) in [6, 6.07) is 7.96. The van der Waals surface area contributed by atoms with Crippen LogP contribution >= 0.6 is 11.6 Å². The van der Waals surface area contributed by atoms with Gasteiger partial charge < -0.3 is 19.2 Å². The van der Waals surface area contributed by atoms with E-state index in [9.17, 15) is 0 Å². The van der Waals surface area contributed by atoms with Crippen LogP contribution < -0.4 is 14.8 Å². The largest absolute Gasteiger partial charge is 0.486 e. The summed E-state index contributed by atoms with van der Waals surface area (Å²) in [5.74, 6) is 3.20. The summed E-state index contributed by atoms with van der Waals surface area (Å²) in [4.78, 5) is 0. The number of rotatable bonds is 4. The Morgan fingerprint density at radius 1 is 1.24 bits per heavy atom. The van der Waals surface area contributed by atoms with Gasteiger partial charge in [0.25, 0.3) is 0 Å². The smallest absolute Gasteiger partial charge is 0.179 e. The first-order chi connectivity index (χ1) is 10.1. The van der Waals surface area contributed by atoms with E-state index in [0.29, 0.717) is 36.3 Å². The Kier molecular flexibility index (Phi) is 4.08. The van der Waals surface area contributed by atoms with Crippen LogP contribution in [-0.4, -0.2) is 13.2 Å². The fourth-order valence-electron chi connectivity index (χ4n) is 2.32. The number of fused-ring (bicyclic) bond motifs is 1. The molecule has 0 fully saturated rings. The molecule has 1 aromatic heterocycles. The lowest BCUT2D eigenvalue weighted by atomic mass is 10.1. The number of furan rings is 1. The minimum atomic E-state index is 0.130. The maximum Gasteiger partial charge on any atom is 0.179 e. The lowest BCUT2D eigenvalue weighted by molar-refractivity contribution is 0.171. The molecule has 0 aliphatic carbocycles. The molecule has 1 aromatic carbocycles. The quantitative estimate of drug-likeness (QED) is 0.931. The Balaban J connectivity index is 1.69. The van der Waals surface area contributed by atoms with Gasteiger partial charge in [-0.3, -0.25) is 0 Å². The van der Waals surface area contributed by atoms with Gasteiger partial charge in [0.1, 0.15) is 24.7 Å². The predicted octanol–water partition coefficient (Wildman–Crippen LogP) is 3.86. The number of aryl methyl sites for hydroxylation is 1. The summed E-state index contributed by atoms with van der Waals surface area (Å²) >= 11 is 6.23. The van der Waals surface area contributed by atoms with E-state index in [1.807, 2.05) is 31.2 Å². The number of benzene rings is 1. The zero-order valence-corrected chi connectivity index (χ0v) is 12.9. The highest BCUT2D eigenvalue weighted by Gasteiger charge is 2.17. The summed E-state index contributed by atoms with van der Waals surface area (Å²) in [5.41, 5.74) is 1.05. The van der Waals surface area contributed by atoms with E-state index in [0.717, 1.165) is 17.1 Å². The van der Waals surface area contributed by atoms with Gasteiger partial charge in [-0.25, -0.2) is 0 Å². The van der Waals surface area contributed by atoms with Crippen LogP contribution in [-0.2, 0) is 6.54 Å². The highest BCUT2D eigenvalue weighted by Crippen LogP contribution is 2.38. The highest BCUT2D eigenvalue weighted by atomic mass is 35.5. The fraction of sp³-hybridized carbons (Fsp3) is 0.375. The van der Waals surface area contributed by atoms with Crippen LogP contribution in [0.15, 0.2) is 28.7 Å². The number of ether oxygens (including phenoxy) is 2. The van der Waals surface area contributed by atoms with Crippen molar-refractivity contribution in [1.29, 1.82) is 0 Å². The molecule has 1 aliphatic heterocycles. The first-order valence-electron chi connectivity index (χ1n) is 7.01. The zero-order chi connectivity index (χ0) is 14.8.